The van der Waals surface area contributed by atoms with Gasteiger partial charge in [-0.25, -0.2) is 4.79 Å². The van der Waals surface area contributed by atoms with Crippen LogP contribution in [-0.2, 0) is 23.9 Å². The Morgan fingerprint density at radius 1 is 1.00 bits per heavy atom. The molecule has 0 aromatic carbocycles. The molecule has 0 aromatic heterocycles. The number of hydrogen-bond donors (Lipinski definition) is 1. The quantitative estimate of drug-likeness (QED) is 0.708. The summed E-state index contributed by atoms with van der Waals surface area (Å²) in [5.41, 5.74) is 4.80. The number of amides is 3. The average Bonchev–Trinajstić information content (AvgIpc) is 2.64. The predicted molar refractivity (Wildman–Crippen MR) is 100 cm³/mol. The summed E-state index contributed by atoms with van der Waals surface area (Å²) >= 11 is 0. The molecule has 2 rings (SSSR count). The summed E-state index contributed by atoms with van der Waals surface area (Å²) in [5.74, 6) is -1.75. The van der Waals surface area contributed by atoms with E-state index >= 15 is 0 Å². The Balaban J connectivity index is 1.77. The van der Waals surface area contributed by atoms with Crippen LogP contribution in [0.3, 0.4) is 0 Å². The van der Waals surface area contributed by atoms with Gasteiger partial charge in [-0.2, -0.15) is 0 Å². The van der Waals surface area contributed by atoms with Crippen molar-refractivity contribution in [2.75, 3.05) is 26.2 Å². The number of hydrogen-bond acceptors (Lipinski definition) is 6. The summed E-state index contributed by atoms with van der Waals surface area (Å²) in [5, 5.41) is 0. The van der Waals surface area contributed by atoms with Gasteiger partial charge in [0.2, 0.25) is 5.91 Å². The number of primary amides is 1. The Bertz CT molecular complexity index is 607. The second-order valence-electron chi connectivity index (χ2n) is 8.35. The second kappa shape index (κ2) is 9.25. The molecule has 0 bridgehead atoms. The summed E-state index contributed by atoms with van der Waals surface area (Å²) in [6, 6.07) is -0.628. The molecule has 9 nitrogen and oxygen atoms in total. The van der Waals surface area contributed by atoms with Gasteiger partial charge in [0.1, 0.15) is 11.6 Å². The zero-order valence-corrected chi connectivity index (χ0v) is 16.9. The standard InChI is InChI=1S/C19H31N3O6/c1-19(2,3)28-18(26)21-10-7-13(8-11-21)17(25)27-12-15(23)22-9-5-4-6-14(22)16(20)24/h13-14H,4-12H2,1-3H3,(H2,20,24)/t14-/m1/s1. The van der Waals surface area contributed by atoms with Crippen LogP contribution in [0.2, 0.25) is 0 Å². The number of nitrogens with zero attached hydrogens (tertiary/aromatic N) is 2. The van der Waals surface area contributed by atoms with E-state index in [-0.39, 0.29) is 5.92 Å². The van der Waals surface area contributed by atoms with Crippen LogP contribution in [0.4, 0.5) is 4.79 Å². The number of carbonyl (C=O) groups is 4. The summed E-state index contributed by atoms with van der Waals surface area (Å²) in [7, 11) is 0. The van der Waals surface area contributed by atoms with Gasteiger partial charge in [-0.15, -0.1) is 0 Å². The minimum atomic E-state index is -0.628. The zero-order chi connectivity index (χ0) is 20.9. The first-order valence-corrected chi connectivity index (χ1v) is 9.82. The van der Waals surface area contributed by atoms with Crippen LogP contribution < -0.4 is 5.73 Å². The third-order valence-corrected chi connectivity index (χ3v) is 4.97. The zero-order valence-electron chi connectivity index (χ0n) is 16.9. The van der Waals surface area contributed by atoms with Crippen LogP contribution in [0.1, 0.15) is 52.9 Å². The SMILES string of the molecule is CC(C)(C)OC(=O)N1CCC(C(=O)OCC(=O)N2CCCC[C@@H]2C(N)=O)CC1. The van der Waals surface area contributed by atoms with Gasteiger partial charge >= 0.3 is 12.1 Å². The van der Waals surface area contributed by atoms with Gasteiger partial charge in [-0.3, -0.25) is 14.4 Å². The van der Waals surface area contributed by atoms with Gasteiger partial charge < -0.3 is 25.0 Å². The second-order valence-corrected chi connectivity index (χ2v) is 8.35. The summed E-state index contributed by atoms with van der Waals surface area (Å²) in [6.07, 6.45) is 2.70. The third-order valence-electron chi connectivity index (χ3n) is 4.97. The largest absolute Gasteiger partial charge is 0.455 e. The molecule has 0 aromatic rings. The molecule has 0 radical (unpaired) electrons. The van der Waals surface area contributed by atoms with Crippen molar-refractivity contribution in [2.24, 2.45) is 11.7 Å². The average molecular weight is 397 g/mol. The monoisotopic (exact) mass is 397 g/mol. The molecule has 2 aliphatic rings. The number of esters is 1. The van der Waals surface area contributed by atoms with Crippen molar-refractivity contribution in [2.45, 2.75) is 64.5 Å². The Hall–Kier alpha value is -2.32. The highest BCUT2D eigenvalue weighted by Crippen LogP contribution is 2.21. The minimum absolute atomic E-state index is 0.361. The third kappa shape index (κ3) is 6.10. The smallest absolute Gasteiger partial charge is 0.410 e. The molecule has 158 valence electrons. The molecule has 2 N–H and O–H groups in total. The number of likely N-dealkylation sites (tertiary alicyclic amines) is 2. The number of piperidine rings is 2. The molecule has 3 amide bonds. The lowest BCUT2D eigenvalue weighted by molar-refractivity contribution is -0.158. The van der Waals surface area contributed by atoms with Crippen molar-refractivity contribution >= 4 is 23.9 Å². The van der Waals surface area contributed by atoms with Crippen molar-refractivity contribution in [1.82, 2.24) is 9.80 Å². The van der Waals surface area contributed by atoms with Crippen LogP contribution in [0.15, 0.2) is 0 Å². The van der Waals surface area contributed by atoms with Crippen LogP contribution in [0.25, 0.3) is 0 Å². The van der Waals surface area contributed by atoms with E-state index in [0.29, 0.717) is 38.9 Å². The van der Waals surface area contributed by atoms with Gasteiger partial charge in [-0.05, 0) is 52.9 Å². The molecule has 1 atom stereocenters. The lowest BCUT2D eigenvalue weighted by atomic mass is 9.97. The van der Waals surface area contributed by atoms with E-state index in [2.05, 4.69) is 0 Å². The summed E-state index contributed by atoms with van der Waals surface area (Å²) in [4.78, 5) is 51.2. The first-order chi connectivity index (χ1) is 13.1. The maximum absolute atomic E-state index is 12.3. The van der Waals surface area contributed by atoms with E-state index in [1.807, 2.05) is 0 Å². The van der Waals surface area contributed by atoms with E-state index in [0.717, 1.165) is 12.8 Å². The molecule has 0 aliphatic carbocycles. The fraction of sp³-hybridized carbons (Fsp3) is 0.789. The Morgan fingerprint density at radius 2 is 1.64 bits per heavy atom. The fourth-order valence-corrected chi connectivity index (χ4v) is 3.48. The van der Waals surface area contributed by atoms with E-state index < -0.39 is 42.1 Å². The maximum atomic E-state index is 12.3. The van der Waals surface area contributed by atoms with Crippen molar-refractivity contribution < 1.29 is 28.7 Å². The number of rotatable bonds is 4. The first-order valence-electron chi connectivity index (χ1n) is 9.82. The van der Waals surface area contributed by atoms with Gasteiger partial charge in [0.15, 0.2) is 6.61 Å². The lowest BCUT2D eigenvalue weighted by Crippen LogP contribution is -2.51. The number of carbonyl (C=O) groups excluding carboxylic acids is 4. The van der Waals surface area contributed by atoms with E-state index in [9.17, 15) is 19.2 Å². The number of ether oxygens (including phenoxy) is 2. The highest BCUT2D eigenvalue weighted by molar-refractivity contribution is 5.88. The van der Waals surface area contributed by atoms with Gasteiger partial charge in [0, 0.05) is 19.6 Å². The topological polar surface area (TPSA) is 119 Å². The fourth-order valence-electron chi connectivity index (χ4n) is 3.48. The minimum Gasteiger partial charge on any atom is -0.455 e. The van der Waals surface area contributed by atoms with Crippen molar-refractivity contribution in [3.63, 3.8) is 0 Å². The van der Waals surface area contributed by atoms with E-state index in [4.69, 9.17) is 15.2 Å². The molecule has 0 saturated carbocycles. The number of nitrogens with two attached hydrogens (primary N) is 1. The highest BCUT2D eigenvalue weighted by atomic mass is 16.6. The van der Waals surface area contributed by atoms with Crippen molar-refractivity contribution in [3.8, 4) is 0 Å². The Morgan fingerprint density at radius 3 is 2.21 bits per heavy atom. The summed E-state index contributed by atoms with van der Waals surface area (Å²) < 4.78 is 10.5. The predicted octanol–water partition coefficient (Wildman–Crippen LogP) is 1.04. The first kappa shape index (κ1) is 22.0. The molecule has 9 heteroatoms. The van der Waals surface area contributed by atoms with Gasteiger partial charge in [0.05, 0.1) is 5.92 Å². The molecular weight excluding hydrogens is 366 g/mol. The molecule has 2 saturated heterocycles. The van der Waals surface area contributed by atoms with Gasteiger partial charge in [0.25, 0.3) is 5.91 Å². The van der Waals surface area contributed by atoms with Crippen molar-refractivity contribution in [3.05, 3.63) is 0 Å². The summed E-state index contributed by atoms with van der Waals surface area (Å²) in [6.45, 7) is 6.26. The molecule has 0 unspecified atom stereocenters. The normalized spacial score (nSPS) is 21.2. The Kier molecular flexibility index (Phi) is 7.26. The molecule has 28 heavy (non-hydrogen) atoms. The van der Waals surface area contributed by atoms with Crippen LogP contribution in [-0.4, -0.2) is 71.6 Å². The van der Waals surface area contributed by atoms with Crippen LogP contribution in [0.5, 0.6) is 0 Å². The van der Waals surface area contributed by atoms with E-state index in [1.165, 1.54) is 4.90 Å². The lowest BCUT2D eigenvalue weighted by Gasteiger charge is -2.34. The molecule has 2 fully saturated rings. The van der Waals surface area contributed by atoms with E-state index in [1.54, 1.807) is 25.7 Å². The van der Waals surface area contributed by atoms with Gasteiger partial charge in [-0.1, -0.05) is 0 Å². The maximum Gasteiger partial charge on any atom is 0.410 e. The van der Waals surface area contributed by atoms with Crippen LogP contribution in [0, 0.1) is 5.92 Å². The van der Waals surface area contributed by atoms with Crippen molar-refractivity contribution in [1.29, 1.82) is 0 Å². The Labute approximate surface area is 165 Å². The van der Waals surface area contributed by atoms with Crippen LogP contribution >= 0.6 is 0 Å². The molecule has 0 spiro atoms. The molecular formula is C19H31N3O6. The molecule has 2 heterocycles. The molecule has 2 aliphatic heterocycles. The highest BCUT2D eigenvalue weighted by Gasteiger charge is 2.33.